The number of carbonyl (C=O) groups is 2. The molecular formula is C16H21N3O2. The van der Waals surface area contributed by atoms with Gasteiger partial charge in [0.25, 0.3) is 0 Å². The van der Waals surface area contributed by atoms with Crippen molar-refractivity contribution in [1.82, 2.24) is 15.1 Å². The van der Waals surface area contributed by atoms with E-state index in [0.29, 0.717) is 13.1 Å². The minimum atomic E-state index is -0.451. The second-order valence-corrected chi connectivity index (χ2v) is 5.75. The number of nitrogens with zero attached hydrogens (tertiary/aromatic N) is 2. The zero-order valence-electron chi connectivity index (χ0n) is 12.1. The van der Waals surface area contributed by atoms with E-state index in [1.165, 1.54) is 5.56 Å². The summed E-state index contributed by atoms with van der Waals surface area (Å²) in [5, 5.41) is 2.60. The van der Waals surface area contributed by atoms with Gasteiger partial charge < -0.3 is 10.2 Å². The van der Waals surface area contributed by atoms with Gasteiger partial charge in [0.2, 0.25) is 0 Å². The Morgan fingerprint density at radius 2 is 1.76 bits per heavy atom. The number of nitrogens with one attached hydrogen (secondary N) is 1. The standard InChI is InChI=1S/C16H21N3O2/c20-15-16(21)19(11-8-17-15)14-6-9-18(10-7-14)12-13-4-2-1-3-5-13/h1-5,14H,6-12H2,(H,17,20). The first-order chi connectivity index (χ1) is 10.2. The maximum absolute atomic E-state index is 11.9. The maximum atomic E-state index is 11.9. The number of hydrogen-bond donors (Lipinski definition) is 1. The lowest BCUT2D eigenvalue weighted by Crippen LogP contribution is -2.57. The third-order valence-electron chi connectivity index (χ3n) is 4.34. The molecule has 2 saturated heterocycles. The highest BCUT2D eigenvalue weighted by Crippen LogP contribution is 2.19. The molecule has 0 atom stereocenters. The normalized spacial score (nSPS) is 21.4. The Morgan fingerprint density at radius 1 is 1.05 bits per heavy atom. The fourth-order valence-corrected chi connectivity index (χ4v) is 3.18. The molecule has 2 amide bonds. The van der Waals surface area contributed by atoms with Gasteiger partial charge in [0.05, 0.1) is 0 Å². The monoisotopic (exact) mass is 287 g/mol. The Hall–Kier alpha value is -1.88. The predicted molar refractivity (Wildman–Crippen MR) is 79.5 cm³/mol. The summed E-state index contributed by atoms with van der Waals surface area (Å²) in [5.74, 6) is -0.810. The summed E-state index contributed by atoms with van der Waals surface area (Å²) in [7, 11) is 0. The molecule has 5 nitrogen and oxygen atoms in total. The molecule has 2 aliphatic rings. The van der Waals surface area contributed by atoms with Crippen LogP contribution in [0.3, 0.4) is 0 Å². The van der Waals surface area contributed by atoms with Crippen molar-refractivity contribution in [3.8, 4) is 0 Å². The lowest BCUT2D eigenvalue weighted by molar-refractivity contribution is -0.150. The molecule has 1 aromatic carbocycles. The molecule has 0 spiro atoms. The first-order valence-electron chi connectivity index (χ1n) is 7.59. The van der Waals surface area contributed by atoms with Crippen LogP contribution < -0.4 is 5.32 Å². The predicted octanol–water partition coefficient (Wildman–Crippen LogP) is 0.609. The van der Waals surface area contributed by atoms with Crippen molar-refractivity contribution in [1.29, 1.82) is 0 Å². The van der Waals surface area contributed by atoms with Crippen molar-refractivity contribution < 1.29 is 9.59 Å². The summed E-state index contributed by atoms with van der Waals surface area (Å²) in [6, 6.07) is 10.7. The quantitative estimate of drug-likeness (QED) is 0.829. The topological polar surface area (TPSA) is 52.7 Å². The van der Waals surface area contributed by atoms with Crippen molar-refractivity contribution in [2.75, 3.05) is 26.2 Å². The van der Waals surface area contributed by atoms with Gasteiger partial charge in [-0.05, 0) is 18.4 Å². The Kier molecular flexibility index (Phi) is 4.20. The van der Waals surface area contributed by atoms with E-state index in [4.69, 9.17) is 0 Å². The summed E-state index contributed by atoms with van der Waals surface area (Å²) >= 11 is 0. The average Bonchev–Trinajstić information content (AvgIpc) is 2.52. The van der Waals surface area contributed by atoms with Crippen LogP contribution in [0.4, 0.5) is 0 Å². The Bertz CT molecular complexity index is 510. The lowest BCUT2D eigenvalue weighted by atomic mass is 10.0. The van der Waals surface area contributed by atoms with Gasteiger partial charge in [-0.2, -0.15) is 0 Å². The third-order valence-corrected chi connectivity index (χ3v) is 4.34. The fraction of sp³-hybridized carbons (Fsp3) is 0.500. The molecule has 1 N–H and O–H groups in total. The van der Waals surface area contributed by atoms with Crippen LogP contribution in [0, 0.1) is 0 Å². The Morgan fingerprint density at radius 3 is 2.48 bits per heavy atom. The number of hydrogen-bond acceptors (Lipinski definition) is 3. The van der Waals surface area contributed by atoms with Crippen molar-refractivity contribution >= 4 is 11.8 Å². The maximum Gasteiger partial charge on any atom is 0.312 e. The van der Waals surface area contributed by atoms with Gasteiger partial charge in [-0.1, -0.05) is 30.3 Å². The molecule has 0 aromatic heterocycles. The van der Waals surface area contributed by atoms with Gasteiger partial charge in [-0.3, -0.25) is 14.5 Å². The van der Waals surface area contributed by atoms with Crippen LogP contribution in [0.25, 0.3) is 0 Å². The minimum absolute atomic E-state index is 0.218. The number of rotatable bonds is 3. The minimum Gasteiger partial charge on any atom is -0.346 e. The van der Waals surface area contributed by atoms with E-state index in [9.17, 15) is 9.59 Å². The van der Waals surface area contributed by atoms with E-state index in [0.717, 1.165) is 32.5 Å². The highest BCUT2D eigenvalue weighted by atomic mass is 16.2. The summed E-state index contributed by atoms with van der Waals surface area (Å²) in [4.78, 5) is 27.5. The number of benzene rings is 1. The van der Waals surface area contributed by atoms with E-state index >= 15 is 0 Å². The molecule has 3 rings (SSSR count). The average molecular weight is 287 g/mol. The highest BCUT2D eigenvalue weighted by molar-refractivity contribution is 6.35. The van der Waals surface area contributed by atoms with E-state index in [1.54, 1.807) is 4.90 Å². The summed E-state index contributed by atoms with van der Waals surface area (Å²) in [6.45, 7) is 4.14. The van der Waals surface area contributed by atoms with Crippen molar-refractivity contribution in [2.24, 2.45) is 0 Å². The van der Waals surface area contributed by atoms with Crippen LogP contribution in [0.5, 0.6) is 0 Å². The van der Waals surface area contributed by atoms with Crippen LogP contribution >= 0.6 is 0 Å². The third kappa shape index (κ3) is 3.24. The molecule has 21 heavy (non-hydrogen) atoms. The van der Waals surface area contributed by atoms with Crippen molar-refractivity contribution in [2.45, 2.75) is 25.4 Å². The molecule has 0 aliphatic carbocycles. The molecule has 112 valence electrons. The van der Waals surface area contributed by atoms with Gasteiger partial charge in [-0.15, -0.1) is 0 Å². The molecule has 0 bridgehead atoms. The molecule has 2 heterocycles. The van der Waals surface area contributed by atoms with Gasteiger partial charge >= 0.3 is 11.8 Å². The molecule has 2 aliphatic heterocycles. The van der Waals surface area contributed by atoms with Gasteiger partial charge in [0.15, 0.2) is 0 Å². The Balaban J connectivity index is 1.53. The van der Waals surface area contributed by atoms with Gasteiger partial charge in [-0.25, -0.2) is 0 Å². The van der Waals surface area contributed by atoms with E-state index in [1.807, 2.05) is 6.07 Å². The number of piperazine rings is 1. The van der Waals surface area contributed by atoms with E-state index in [2.05, 4.69) is 34.5 Å². The number of piperidine rings is 1. The van der Waals surface area contributed by atoms with Crippen LogP contribution in [0.15, 0.2) is 30.3 Å². The number of likely N-dealkylation sites (tertiary alicyclic amines) is 1. The van der Waals surface area contributed by atoms with Crippen LogP contribution in [0.1, 0.15) is 18.4 Å². The van der Waals surface area contributed by atoms with Crippen LogP contribution in [-0.2, 0) is 16.1 Å². The SMILES string of the molecule is O=C1NCCN(C2CCN(Cc3ccccc3)CC2)C1=O. The van der Waals surface area contributed by atoms with Crippen LogP contribution in [-0.4, -0.2) is 53.8 Å². The second kappa shape index (κ2) is 6.26. The van der Waals surface area contributed by atoms with Gasteiger partial charge in [0, 0.05) is 38.8 Å². The largest absolute Gasteiger partial charge is 0.346 e. The molecule has 0 saturated carbocycles. The summed E-state index contributed by atoms with van der Waals surface area (Å²) < 4.78 is 0. The van der Waals surface area contributed by atoms with Crippen molar-refractivity contribution in [3.05, 3.63) is 35.9 Å². The van der Waals surface area contributed by atoms with Crippen LogP contribution in [0.2, 0.25) is 0 Å². The zero-order valence-corrected chi connectivity index (χ0v) is 12.1. The van der Waals surface area contributed by atoms with Crippen molar-refractivity contribution in [3.63, 3.8) is 0 Å². The summed E-state index contributed by atoms with van der Waals surface area (Å²) in [5.41, 5.74) is 1.32. The molecule has 1 aromatic rings. The highest BCUT2D eigenvalue weighted by Gasteiger charge is 2.33. The lowest BCUT2D eigenvalue weighted by Gasteiger charge is -2.39. The summed E-state index contributed by atoms with van der Waals surface area (Å²) in [6.07, 6.45) is 1.90. The second-order valence-electron chi connectivity index (χ2n) is 5.75. The van der Waals surface area contributed by atoms with E-state index in [-0.39, 0.29) is 11.9 Å². The Labute approximate surface area is 124 Å². The molecular weight excluding hydrogens is 266 g/mol. The smallest absolute Gasteiger partial charge is 0.312 e. The molecule has 0 radical (unpaired) electrons. The van der Waals surface area contributed by atoms with Gasteiger partial charge in [0.1, 0.15) is 0 Å². The zero-order chi connectivity index (χ0) is 14.7. The molecule has 5 heteroatoms. The van der Waals surface area contributed by atoms with E-state index < -0.39 is 5.91 Å². The number of amides is 2. The number of carbonyl (C=O) groups excluding carboxylic acids is 2. The first kappa shape index (κ1) is 14.1. The fourth-order valence-electron chi connectivity index (χ4n) is 3.18. The molecule has 0 unspecified atom stereocenters. The first-order valence-corrected chi connectivity index (χ1v) is 7.59. The molecule has 2 fully saturated rings.